The van der Waals surface area contributed by atoms with Crippen LogP contribution in [0.4, 0.5) is 5.69 Å². The van der Waals surface area contributed by atoms with Crippen LogP contribution >= 0.6 is 0 Å². The molecule has 0 radical (unpaired) electrons. The predicted molar refractivity (Wildman–Crippen MR) is 96.2 cm³/mol. The maximum absolute atomic E-state index is 12.6. The van der Waals surface area contributed by atoms with Crippen LogP contribution in [0.5, 0.6) is 11.5 Å². The van der Waals surface area contributed by atoms with Crippen LogP contribution in [0.25, 0.3) is 0 Å². The maximum Gasteiger partial charge on any atom is 0.255 e. The molecule has 2 aromatic carbocycles. The van der Waals surface area contributed by atoms with Gasteiger partial charge >= 0.3 is 0 Å². The van der Waals surface area contributed by atoms with Crippen molar-refractivity contribution < 1.29 is 14.3 Å². The minimum absolute atomic E-state index is 0.130. The summed E-state index contributed by atoms with van der Waals surface area (Å²) in [6.45, 7) is 3.25. The summed E-state index contributed by atoms with van der Waals surface area (Å²) in [5.74, 6) is 1.12. The van der Waals surface area contributed by atoms with E-state index in [4.69, 9.17) is 9.47 Å². The van der Waals surface area contributed by atoms with Crippen LogP contribution in [0.2, 0.25) is 0 Å². The molecule has 0 atom stereocenters. The third kappa shape index (κ3) is 4.49. The van der Waals surface area contributed by atoms with Gasteiger partial charge in [-0.25, -0.2) is 0 Å². The molecule has 0 saturated carbocycles. The van der Waals surface area contributed by atoms with Crippen LogP contribution in [-0.2, 0) is 6.42 Å². The number of hydrogen-bond acceptors (Lipinski definition) is 4. The van der Waals surface area contributed by atoms with E-state index in [0.717, 1.165) is 18.5 Å². The lowest BCUT2D eigenvalue weighted by Crippen LogP contribution is -2.17. The number of methoxy groups -OCH3 is 1. The summed E-state index contributed by atoms with van der Waals surface area (Å²) in [6, 6.07) is 13.0. The molecule has 0 aliphatic carbocycles. The van der Waals surface area contributed by atoms with Gasteiger partial charge in [0, 0.05) is 17.3 Å². The van der Waals surface area contributed by atoms with Gasteiger partial charge in [-0.1, -0.05) is 18.2 Å². The van der Waals surface area contributed by atoms with E-state index in [9.17, 15) is 4.79 Å². The SMILES string of the molecule is CCOc1cc(NC(=O)c2ccccc2CCNC)ccc1OC. The van der Waals surface area contributed by atoms with Gasteiger partial charge in [-0.05, 0) is 50.7 Å². The molecule has 0 fully saturated rings. The topological polar surface area (TPSA) is 59.6 Å². The second kappa shape index (κ2) is 8.93. The number of ether oxygens (including phenoxy) is 2. The van der Waals surface area contributed by atoms with Crippen molar-refractivity contribution in [1.82, 2.24) is 5.32 Å². The molecule has 0 aliphatic heterocycles. The highest BCUT2D eigenvalue weighted by atomic mass is 16.5. The average Bonchev–Trinajstić information content (AvgIpc) is 2.60. The smallest absolute Gasteiger partial charge is 0.255 e. The van der Waals surface area contributed by atoms with E-state index in [1.165, 1.54) is 0 Å². The lowest BCUT2D eigenvalue weighted by Gasteiger charge is -2.13. The van der Waals surface area contributed by atoms with E-state index in [1.807, 2.05) is 38.2 Å². The van der Waals surface area contributed by atoms with Crippen LogP contribution in [0, 0.1) is 0 Å². The lowest BCUT2D eigenvalue weighted by molar-refractivity contribution is 0.102. The van der Waals surface area contributed by atoms with Crippen molar-refractivity contribution in [3.05, 3.63) is 53.6 Å². The number of hydrogen-bond donors (Lipinski definition) is 2. The summed E-state index contributed by atoms with van der Waals surface area (Å²) in [7, 11) is 3.49. The second-order valence-electron chi connectivity index (χ2n) is 5.26. The van der Waals surface area contributed by atoms with Gasteiger partial charge in [-0.2, -0.15) is 0 Å². The molecule has 0 bridgehead atoms. The Morgan fingerprint density at radius 2 is 1.92 bits per heavy atom. The summed E-state index contributed by atoms with van der Waals surface area (Å²) in [5.41, 5.74) is 2.37. The van der Waals surface area contributed by atoms with E-state index >= 15 is 0 Å². The van der Waals surface area contributed by atoms with Gasteiger partial charge in [0.05, 0.1) is 13.7 Å². The Bertz CT molecular complexity index is 686. The number of amides is 1. The van der Waals surface area contributed by atoms with Gasteiger partial charge in [-0.15, -0.1) is 0 Å². The summed E-state index contributed by atoms with van der Waals surface area (Å²) in [6.07, 6.45) is 0.799. The normalized spacial score (nSPS) is 10.3. The molecule has 0 aromatic heterocycles. The summed E-state index contributed by atoms with van der Waals surface area (Å²) in [5, 5.41) is 6.03. The molecular weight excluding hydrogens is 304 g/mol. The van der Waals surface area contributed by atoms with Crippen molar-refractivity contribution >= 4 is 11.6 Å². The van der Waals surface area contributed by atoms with Crippen LogP contribution in [0.3, 0.4) is 0 Å². The Morgan fingerprint density at radius 1 is 1.12 bits per heavy atom. The quantitative estimate of drug-likeness (QED) is 0.782. The van der Waals surface area contributed by atoms with Gasteiger partial charge < -0.3 is 20.1 Å². The maximum atomic E-state index is 12.6. The molecule has 128 valence electrons. The predicted octanol–water partition coefficient (Wildman–Crippen LogP) is 3.11. The molecular formula is C19H24N2O3. The Kier molecular flexibility index (Phi) is 6.63. The molecule has 0 unspecified atom stereocenters. The monoisotopic (exact) mass is 328 g/mol. The number of carbonyl (C=O) groups is 1. The first-order valence-corrected chi connectivity index (χ1v) is 8.04. The molecule has 2 rings (SSSR count). The minimum Gasteiger partial charge on any atom is -0.493 e. The number of nitrogens with one attached hydrogen (secondary N) is 2. The van der Waals surface area contributed by atoms with Crippen molar-refractivity contribution in [2.45, 2.75) is 13.3 Å². The van der Waals surface area contributed by atoms with E-state index in [0.29, 0.717) is 29.4 Å². The third-order valence-corrected chi connectivity index (χ3v) is 3.63. The molecule has 2 aromatic rings. The lowest BCUT2D eigenvalue weighted by atomic mass is 10.0. The van der Waals surface area contributed by atoms with Crippen LogP contribution < -0.4 is 20.1 Å². The highest BCUT2D eigenvalue weighted by Crippen LogP contribution is 2.30. The number of benzene rings is 2. The number of likely N-dealkylation sites (N-methyl/N-ethyl adjacent to an activating group) is 1. The molecule has 2 N–H and O–H groups in total. The second-order valence-corrected chi connectivity index (χ2v) is 5.26. The fraction of sp³-hybridized carbons (Fsp3) is 0.316. The van der Waals surface area contributed by atoms with Gasteiger partial charge in [0.15, 0.2) is 11.5 Å². The third-order valence-electron chi connectivity index (χ3n) is 3.63. The zero-order chi connectivity index (χ0) is 17.4. The van der Waals surface area contributed by atoms with E-state index in [1.54, 1.807) is 25.3 Å². The van der Waals surface area contributed by atoms with Crippen molar-refractivity contribution in [3.63, 3.8) is 0 Å². The zero-order valence-electron chi connectivity index (χ0n) is 14.4. The number of anilines is 1. The standard InChI is InChI=1S/C19H24N2O3/c1-4-24-18-13-15(9-10-17(18)23-3)21-19(22)16-8-6-5-7-14(16)11-12-20-2/h5-10,13,20H,4,11-12H2,1-3H3,(H,21,22). The van der Waals surface area contributed by atoms with Crippen LogP contribution in [0.15, 0.2) is 42.5 Å². The molecule has 5 heteroatoms. The summed E-state index contributed by atoms with van der Waals surface area (Å²) >= 11 is 0. The fourth-order valence-corrected chi connectivity index (χ4v) is 2.44. The average molecular weight is 328 g/mol. The van der Waals surface area contributed by atoms with Gasteiger partial charge in [0.1, 0.15) is 0 Å². The Labute approximate surface area is 143 Å². The van der Waals surface area contributed by atoms with Crippen molar-refractivity contribution in [2.75, 3.05) is 32.6 Å². The molecule has 0 aliphatic rings. The van der Waals surface area contributed by atoms with Gasteiger partial charge in [0.2, 0.25) is 0 Å². The van der Waals surface area contributed by atoms with E-state index in [2.05, 4.69) is 10.6 Å². The molecule has 0 heterocycles. The van der Waals surface area contributed by atoms with Gasteiger partial charge in [0.25, 0.3) is 5.91 Å². The summed E-state index contributed by atoms with van der Waals surface area (Å²) < 4.78 is 10.8. The van der Waals surface area contributed by atoms with E-state index in [-0.39, 0.29) is 5.91 Å². The first-order valence-electron chi connectivity index (χ1n) is 8.04. The van der Waals surface area contributed by atoms with Crippen molar-refractivity contribution in [2.24, 2.45) is 0 Å². The first kappa shape index (κ1) is 17.8. The van der Waals surface area contributed by atoms with E-state index < -0.39 is 0 Å². The highest BCUT2D eigenvalue weighted by molar-refractivity contribution is 6.05. The summed E-state index contributed by atoms with van der Waals surface area (Å²) in [4.78, 5) is 12.6. The molecule has 24 heavy (non-hydrogen) atoms. The van der Waals surface area contributed by atoms with Crippen LogP contribution in [0.1, 0.15) is 22.8 Å². The fourth-order valence-electron chi connectivity index (χ4n) is 2.44. The zero-order valence-corrected chi connectivity index (χ0v) is 14.4. The highest BCUT2D eigenvalue weighted by Gasteiger charge is 2.12. The van der Waals surface area contributed by atoms with Gasteiger partial charge in [-0.3, -0.25) is 4.79 Å². The first-order chi connectivity index (χ1) is 11.7. The Morgan fingerprint density at radius 3 is 2.62 bits per heavy atom. The van der Waals surface area contributed by atoms with Crippen molar-refractivity contribution in [1.29, 1.82) is 0 Å². The number of carbonyl (C=O) groups excluding carboxylic acids is 1. The van der Waals surface area contributed by atoms with Crippen molar-refractivity contribution in [3.8, 4) is 11.5 Å². The minimum atomic E-state index is -0.130. The largest absolute Gasteiger partial charge is 0.493 e. The Balaban J connectivity index is 2.19. The molecule has 0 spiro atoms. The Hall–Kier alpha value is -2.53. The molecule has 1 amide bonds. The number of rotatable bonds is 8. The molecule has 5 nitrogen and oxygen atoms in total. The molecule has 0 saturated heterocycles. The van der Waals surface area contributed by atoms with Crippen LogP contribution in [-0.4, -0.2) is 33.2 Å².